The first-order chi connectivity index (χ1) is 6.00. The molecule has 0 aliphatic heterocycles. The van der Waals surface area contributed by atoms with Crippen LogP contribution in [0.5, 0.6) is 0 Å². The van der Waals surface area contributed by atoms with E-state index in [2.05, 4.69) is 16.7 Å². The van der Waals surface area contributed by atoms with Gasteiger partial charge in [-0.2, -0.15) is 0 Å². The molecule has 0 aromatic rings. The molecule has 0 aliphatic carbocycles. The van der Waals surface area contributed by atoms with Crippen LogP contribution < -0.4 is 0 Å². The lowest BCUT2D eigenvalue weighted by Crippen LogP contribution is -2.42. The SMILES string of the molecule is C=CO/N=[N+](\[O-])N(C(C)C)C(C)C. The molecule has 0 bridgehead atoms. The summed E-state index contributed by atoms with van der Waals surface area (Å²) >= 11 is 0. The van der Waals surface area contributed by atoms with Crippen LogP contribution in [0.15, 0.2) is 18.1 Å². The Morgan fingerprint density at radius 1 is 1.38 bits per heavy atom. The van der Waals surface area contributed by atoms with E-state index in [0.29, 0.717) is 4.97 Å². The van der Waals surface area contributed by atoms with E-state index in [0.717, 1.165) is 6.26 Å². The highest BCUT2D eigenvalue weighted by Crippen LogP contribution is 2.05. The maximum atomic E-state index is 11.3. The van der Waals surface area contributed by atoms with Crippen molar-refractivity contribution in [3.63, 3.8) is 0 Å². The molecular weight excluding hydrogens is 170 g/mol. The molecule has 5 heteroatoms. The van der Waals surface area contributed by atoms with Crippen molar-refractivity contribution < 1.29 is 9.81 Å². The minimum atomic E-state index is 0.0784. The Morgan fingerprint density at radius 3 is 2.15 bits per heavy atom. The van der Waals surface area contributed by atoms with Gasteiger partial charge < -0.3 is 10.0 Å². The third-order valence-electron chi connectivity index (χ3n) is 1.45. The van der Waals surface area contributed by atoms with Crippen molar-refractivity contribution in [2.24, 2.45) is 5.28 Å². The smallest absolute Gasteiger partial charge is 0.238 e. The Labute approximate surface area is 78.8 Å². The van der Waals surface area contributed by atoms with Crippen LogP contribution in [0.1, 0.15) is 27.7 Å². The van der Waals surface area contributed by atoms with Crippen LogP contribution in [0.2, 0.25) is 0 Å². The Balaban J connectivity index is 4.44. The lowest BCUT2D eigenvalue weighted by molar-refractivity contribution is -0.721. The summed E-state index contributed by atoms with van der Waals surface area (Å²) in [5, 5.41) is 16.1. The van der Waals surface area contributed by atoms with Crippen LogP contribution in [0.4, 0.5) is 0 Å². The van der Waals surface area contributed by atoms with Gasteiger partial charge in [0.2, 0.25) is 5.28 Å². The molecule has 0 heterocycles. The van der Waals surface area contributed by atoms with E-state index in [-0.39, 0.29) is 12.1 Å². The molecule has 76 valence electrons. The second-order valence-corrected chi connectivity index (χ2v) is 3.17. The molecule has 0 aliphatic rings. The molecule has 0 aromatic carbocycles. The second-order valence-electron chi connectivity index (χ2n) is 3.17. The Bertz CT molecular complexity index is 182. The number of hydrogen-bond acceptors (Lipinski definition) is 3. The summed E-state index contributed by atoms with van der Waals surface area (Å²) in [5.41, 5.74) is 0. The molecule has 5 nitrogen and oxygen atoms in total. The van der Waals surface area contributed by atoms with Crippen molar-refractivity contribution in [2.75, 3.05) is 0 Å². The van der Waals surface area contributed by atoms with Gasteiger partial charge in [0, 0.05) is 0 Å². The second kappa shape index (κ2) is 5.40. The normalized spacial score (nSPS) is 12.0. The fraction of sp³-hybridized carbons (Fsp3) is 0.750. The summed E-state index contributed by atoms with van der Waals surface area (Å²) in [6.07, 6.45) is 1.10. The van der Waals surface area contributed by atoms with Crippen LogP contribution in [0.25, 0.3) is 0 Å². The molecule has 0 aromatic heterocycles. The third-order valence-corrected chi connectivity index (χ3v) is 1.45. The summed E-state index contributed by atoms with van der Waals surface area (Å²) in [7, 11) is 0. The molecule has 0 atom stereocenters. The highest BCUT2D eigenvalue weighted by molar-refractivity contribution is 4.55. The van der Waals surface area contributed by atoms with Crippen molar-refractivity contribution in [3.8, 4) is 0 Å². The predicted molar refractivity (Wildman–Crippen MR) is 49.4 cm³/mol. The lowest BCUT2D eigenvalue weighted by atomic mass is 10.3. The molecule has 0 rings (SSSR count). The number of nitrogens with zero attached hydrogens (tertiary/aromatic N) is 3. The van der Waals surface area contributed by atoms with Gasteiger partial charge in [0.25, 0.3) is 0 Å². The summed E-state index contributed by atoms with van der Waals surface area (Å²) < 4.78 is 0. The average molecular weight is 187 g/mol. The lowest BCUT2D eigenvalue weighted by Gasteiger charge is -2.24. The summed E-state index contributed by atoms with van der Waals surface area (Å²) in [6, 6.07) is 0.157. The van der Waals surface area contributed by atoms with Crippen molar-refractivity contribution >= 4 is 0 Å². The van der Waals surface area contributed by atoms with Gasteiger partial charge in [-0.15, -0.1) is 5.01 Å². The Kier molecular flexibility index (Phi) is 4.87. The first kappa shape index (κ1) is 11.7. The van der Waals surface area contributed by atoms with E-state index < -0.39 is 0 Å². The fourth-order valence-electron chi connectivity index (χ4n) is 1.11. The first-order valence-corrected chi connectivity index (χ1v) is 4.23. The summed E-state index contributed by atoms with van der Waals surface area (Å²) in [5.74, 6) is 0. The van der Waals surface area contributed by atoms with Gasteiger partial charge in [-0.3, -0.25) is 0 Å². The van der Waals surface area contributed by atoms with Crippen LogP contribution >= 0.6 is 0 Å². The largest absolute Gasteiger partial charge is 0.569 e. The number of rotatable bonds is 5. The topological polar surface area (TPSA) is 50.9 Å². The molecule has 0 radical (unpaired) electrons. The number of hydrazine groups is 1. The predicted octanol–water partition coefficient (Wildman–Crippen LogP) is 2.06. The minimum absolute atomic E-state index is 0.0784. The first-order valence-electron chi connectivity index (χ1n) is 4.23. The van der Waals surface area contributed by atoms with Crippen LogP contribution in [-0.2, 0) is 4.84 Å². The van der Waals surface area contributed by atoms with Gasteiger partial charge >= 0.3 is 0 Å². The molecule has 13 heavy (non-hydrogen) atoms. The van der Waals surface area contributed by atoms with E-state index in [9.17, 15) is 5.21 Å². The van der Waals surface area contributed by atoms with Gasteiger partial charge in [-0.05, 0) is 27.7 Å². The van der Waals surface area contributed by atoms with Crippen molar-refractivity contribution in [1.82, 2.24) is 5.01 Å². The monoisotopic (exact) mass is 187 g/mol. The molecule has 0 spiro atoms. The molecule has 0 saturated heterocycles. The minimum Gasteiger partial charge on any atom is -0.569 e. The molecule has 0 saturated carbocycles. The molecule has 0 fully saturated rings. The van der Waals surface area contributed by atoms with Gasteiger partial charge in [0.1, 0.15) is 6.26 Å². The Morgan fingerprint density at radius 2 is 1.85 bits per heavy atom. The maximum absolute atomic E-state index is 11.3. The molecule has 0 amide bonds. The summed E-state index contributed by atoms with van der Waals surface area (Å²) in [4.78, 5) is 4.88. The van der Waals surface area contributed by atoms with Crippen molar-refractivity contribution in [3.05, 3.63) is 18.0 Å². The standard InChI is InChI=1S/C8H17N3O2/c1-6-13-9-11(12)10(7(2)3)8(4)5/h6-8H,1H2,2-5H3/b11-9-. The van der Waals surface area contributed by atoms with Crippen LogP contribution in [0.3, 0.4) is 0 Å². The highest BCUT2D eigenvalue weighted by atomic mass is 16.7. The fourth-order valence-corrected chi connectivity index (χ4v) is 1.11. The zero-order chi connectivity index (χ0) is 10.4. The van der Waals surface area contributed by atoms with Crippen LogP contribution in [0, 0.1) is 5.21 Å². The quantitative estimate of drug-likeness (QED) is 0.286. The van der Waals surface area contributed by atoms with E-state index in [1.165, 1.54) is 0 Å². The Hall–Kier alpha value is -1.26. The highest BCUT2D eigenvalue weighted by Gasteiger charge is 2.20. The third kappa shape index (κ3) is 3.78. The van der Waals surface area contributed by atoms with Crippen LogP contribution in [-0.4, -0.2) is 22.1 Å². The molecule has 0 N–H and O–H groups in total. The van der Waals surface area contributed by atoms with E-state index in [1.54, 1.807) is 5.01 Å². The average Bonchev–Trinajstić information content (AvgIpc) is 1.99. The zero-order valence-electron chi connectivity index (χ0n) is 8.60. The zero-order valence-corrected chi connectivity index (χ0v) is 8.60. The van der Waals surface area contributed by atoms with Gasteiger partial charge in [-0.1, -0.05) is 6.58 Å². The van der Waals surface area contributed by atoms with E-state index in [4.69, 9.17) is 0 Å². The van der Waals surface area contributed by atoms with E-state index >= 15 is 0 Å². The van der Waals surface area contributed by atoms with Gasteiger partial charge in [-0.25, -0.2) is 0 Å². The molecular formula is C8H17N3O2. The number of hydrogen-bond donors (Lipinski definition) is 0. The molecule has 0 unspecified atom stereocenters. The van der Waals surface area contributed by atoms with Crippen molar-refractivity contribution in [2.45, 2.75) is 39.8 Å². The maximum Gasteiger partial charge on any atom is 0.238 e. The van der Waals surface area contributed by atoms with Crippen molar-refractivity contribution in [1.29, 1.82) is 0 Å². The van der Waals surface area contributed by atoms with Gasteiger partial charge in [0.05, 0.1) is 17.1 Å². The van der Waals surface area contributed by atoms with Gasteiger partial charge in [0.15, 0.2) is 0 Å². The van der Waals surface area contributed by atoms with E-state index in [1.807, 2.05) is 27.7 Å². The summed E-state index contributed by atoms with van der Waals surface area (Å²) in [6.45, 7) is 10.9.